The lowest BCUT2D eigenvalue weighted by Crippen LogP contribution is -2.29. The first-order valence-corrected chi connectivity index (χ1v) is 6.24. The number of hydrogen-bond donors (Lipinski definition) is 0. The number of imidazole rings is 1. The van der Waals surface area contributed by atoms with E-state index in [1.54, 1.807) is 6.20 Å². The van der Waals surface area contributed by atoms with Gasteiger partial charge in [0.1, 0.15) is 18.1 Å². The molecule has 2 aromatic rings. The Morgan fingerprint density at radius 2 is 1.94 bits per heavy atom. The lowest BCUT2D eigenvalue weighted by Gasteiger charge is -2.22. The molecule has 0 aliphatic carbocycles. The molecule has 1 heterocycles. The van der Waals surface area contributed by atoms with Gasteiger partial charge in [-0.1, -0.05) is 32.9 Å². The standard InChI is InChI=1S/C16H23N2/c1-12-14(16(3,4)5)8-7-9-15(12)18-11-10-17(6)13(18)2/h7-11H,1-6H3/q+1/i6D3. The van der Waals surface area contributed by atoms with Gasteiger partial charge in [-0.2, -0.15) is 4.57 Å². The van der Waals surface area contributed by atoms with Crippen molar-refractivity contribution in [3.8, 4) is 5.69 Å². The number of rotatable bonds is 1. The highest BCUT2D eigenvalue weighted by Crippen LogP contribution is 2.29. The van der Waals surface area contributed by atoms with Crippen LogP contribution in [0.15, 0.2) is 30.6 Å². The third-order valence-electron chi connectivity index (χ3n) is 3.43. The molecule has 0 unspecified atom stereocenters. The predicted molar refractivity (Wildman–Crippen MR) is 75.1 cm³/mol. The lowest BCUT2D eigenvalue weighted by atomic mass is 9.83. The molecule has 0 fully saturated rings. The topological polar surface area (TPSA) is 8.81 Å². The van der Waals surface area contributed by atoms with Gasteiger partial charge in [0.05, 0.1) is 11.1 Å². The molecule has 1 aromatic carbocycles. The zero-order valence-corrected chi connectivity index (χ0v) is 11.8. The van der Waals surface area contributed by atoms with Crippen LogP contribution in [0, 0.1) is 13.8 Å². The Balaban J connectivity index is 2.62. The van der Waals surface area contributed by atoms with E-state index in [0.29, 0.717) is 5.82 Å². The second-order valence-electron chi connectivity index (χ2n) is 5.79. The maximum atomic E-state index is 7.57. The molecule has 1 aromatic heterocycles. The maximum Gasteiger partial charge on any atom is 0.258 e. The van der Waals surface area contributed by atoms with Crippen LogP contribution in [0.4, 0.5) is 0 Å². The monoisotopic (exact) mass is 246 g/mol. The minimum absolute atomic E-state index is 0.0567. The fraction of sp³-hybridized carbons (Fsp3) is 0.438. The number of benzene rings is 1. The Morgan fingerprint density at radius 1 is 1.22 bits per heavy atom. The number of nitrogens with zero attached hydrogens (tertiary/aromatic N) is 2. The SMILES string of the molecule is [2H]C([2H])([2H])[n+]1ccn(-c2cccc(C(C)(C)C)c2C)c1C. The minimum Gasteiger partial charge on any atom is -0.237 e. The average Bonchev–Trinajstić information content (AvgIpc) is 2.69. The van der Waals surface area contributed by atoms with E-state index in [1.807, 2.05) is 29.8 Å². The minimum atomic E-state index is -2.15. The van der Waals surface area contributed by atoms with Gasteiger partial charge < -0.3 is 0 Å². The molecule has 18 heavy (non-hydrogen) atoms. The van der Waals surface area contributed by atoms with Crippen molar-refractivity contribution in [1.82, 2.24) is 4.57 Å². The van der Waals surface area contributed by atoms with Crippen molar-refractivity contribution >= 4 is 0 Å². The van der Waals surface area contributed by atoms with E-state index < -0.39 is 6.98 Å². The van der Waals surface area contributed by atoms with Gasteiger partial charge in [-0.15, -0.1) is 0 Å². The maximum absolute atomic E-state index is 7.57. The normalized spacial score (nSPS) is 15.1. The average molecular weight is 246 g/mol. The molecule has 0 spiro atoms. The van der Waals surface area contributed by atoms with Crippen molar-refractivity contribution in [3.63, 3.8) is 0 Å². The lowest BCUT2D eigenvalue weighted by molar-refractivity contribution is -0.677. The summed E-state index contributed by atoms with van der Waals surface area (Å²) in [5.74, 6) is 0.698. The number of hydrogen-bond acceptors (Lipinski definition) is 0. The van der Waals surface area contributed by atoms with Crippen LogP contribution in [0.3, 0.4) is 0 Å². The molecule has 0 aliphatic rings. The Hall–Kier alpha value is -1.57. The van der Waals surface area contributed by atoms with Crippen molar-refractivity contribution in [3.05, 3.63) is 47.5 Å². The summed E-state index contributed by atoms with van der Waals surface area (Å²) in [5, 5.41) is 0. The van der Waals surface area contributed by atoms with Gasteiger partial charge in [-0.25, -0.2) is 4.57 Å². The summed E-state index contributed by atoms with van der Waals surface area (Å²) in [4.78, 5) is 0. The molecule has 0 saturated heterocycles. The highest BCUT2D eigenvalue weighted by molar-refractivity contribution is 5.47. The summed E-state index contributed by atoms with van der Waals surface area (Å²) >= 11 is 0. The zero-order chi connectivity index (χ0) is 16.0. The summed E-state index contributed by atoms with van der Waals surface area (Å²) in [6.07, 6.45) is 3.43. The van der Waals surface area contributed by atoms with Crippen LogP contribution in [-0.2, 0) is 12.4 Å². The van der Waals surface area contributed by atoms with Gasteiger partial charge in [-0.05, 0) is 29.5 Å². The molecular formula is C16H23N2+. The van der Waals surface area contributed by atoms with Crippen molar-refractivity contribution in [1.29, 1.82) is 0 Å². The molecule has 0 N–H and O–H groups in total. The summed E-state index contributed by atoms with van der Waals surface area (Å²) in [6, 6.07) is 6.19. The molecule has 0 radical (unpaired) electrons. The van der Waals surface area contributed by atoms with Crippen LogP contribution >= 0.6 is 0 Å². The van der Waals surface area contributed by atoms with Gasteiger partial charge in [0.25, 0.3) is 5.82 Å². The molecule has 0 atom stereocenters. The Kier molecular flexibility index (Phi) is 2.22. The first-order valence-electron chi connectivity index (χ1n) is 7.74. The molecule has 0 aliphatic heterocycles. The number of aryl methyl sites for hydroxylation is 1. The zero-order valence-electron chi connectivity index (χ0n) is 14.8. The van der Waals surface area contributed by atoms with E-state index >= 15 is 0 Å². The van der Waals surface area contributed by atoms with E-state index in [4.69, 9.17) is 4.11 Å². The second-order valence-corrected chi connectivity index (χ2v) is 5.79. The van der Waals surface area contributed by atoms with E-state index in [2.05, 4.69) is 33.8 Å². The molecule has 2 heteroatoms. The Morgan fingerprint density at radius 3 is 2.50 bits per heavy atom. The van der Waals surface area contributed by atoms with Crippen molar-refractivity contribution in [2.75, 3.05) is 0 Å². The van der Waals surface area contributed by atoms with Crippen molar-refractivity contribution in [2.45, 2.75) is 40.0 Å². The van der Waals surface area contributed by atoms with Gasteiger partial charge in [0, 0.05) is 6.92 Å². The Labute approximate surface area is 114 Å². The third-order valence-corrected chi connectivity index (χ3v) is 3.43. The van der Waals surface area contributed by atoms with E-state index in [-0.39, 0.29) is 5.41 Å². The molecule has 0 amide bonds. The molecule has 0 saturated carbocycles. The second kappa shape index (κ2) is 4.27. The quantitative estimate of drug-likeness (QED) is 0.683. The summed E-state index contributed by atoms with van der Waals surface area (Å²) < 4.78 is 26.0. The first-order chi connectivity index (χ1) is 9.53. The molecule has 2 rings (SSSR count). The van der Waals surface area contributed by atoms with E-state index in [9.17, 15) is 0 Å². The number of aromatic nitrogens is 2. The van der Waals surface area contributed by atoms with Gasteiger partial charge in [0.2, 0.25) is 0 Å². The molecule has 0 bridgehead atoms. The molecule has 2 nitrogen and oxygen atoms in total. The van der Waals surface area contributed by atoms with Crippen LogP contribution in [0.2, 0.25) is 0 Å². The van der Waals surface area contributed by atoms with Crippen molar-refractivity contribution < 1.29 is 8.68 Å². The van der Waals surface area contributed by atoms with E-state index in [1.165, 1.54) is 15.7 Å². The van der Waals surface area contributed by atoms with Crippen LogP contribution < -0.4 is 4.57 Å². The fourth-order valence-electron chi connectivity index (χ4n) is 2.42. The molecular weight excluding hydrogens is 220 g/mol. The van der Waals surface area contributed by atoms with Crippen molar-refractivity contribution in [2.24, 2.45) is 6.98 Å². The highest BCUT2D eigenvalue weighted by atomic mass is 15.1. The summed E-state index contributed by atoms with van der Waals surface area (Å²) in [5.41, 5.74) is 3.54. The van der Waals surface area contributed by atoms with Crippen LogP contribution in [-0.4, -0.2) is 4.57 Å². The summed E-state index contributed by atoms with van der Waals surface area (Å²) in [6.45, 7) is 8.33. The van der Waals surface area contributed by atoms with E-state index in [0.717, 1.165) is 5.69 Å². The van der Waals surface area contributed by atoms with Gasteiger partial charge in [-0.3, -0.25) is 0 Å². The predicted octanol–water partition coefficient (Wildman–Crippen LogP) is 3.22. The van der Waals surface area contributed by atoms with Crippen LogP contribution in [0.25, 0.3) is 5.69 Å². The van der Waals surface area contributed by atoms with Gasteiger partial charge >= 0.3 is 0 Å². The fourth-order valence-corrected chi connectivity index (χ4v) is 2.42. The van der Waals surface area contributed by atoms with Crippen LogP contribution in [0.5, 0.6) is 0 Å². The largest absolute Gasteiger partial charge is 0.258 e. The van der Waals surface area contributed by atoms with Gasteiger partial charge in [0.15, 0.2) is 0 Å². The highest BCUT2D eigenvalue weighted by Gasteiger charge is 2.21. The Bertz CT molecular complexity index is 661. The molecule has 96 valence electrons. The summed E-state index contributed by atoms with van der Waals surface area (Å²) in [7, 11) is 0. The smallest absolute Gasteiger partial charge is 0.237 e. The first kappa shape index (κ1) is 9.37. The van der Waals surface area contributed by atoms with Crippen LogP contribution in [0.1, 0.15) is 41.8 Å². The third kappa shape index (κ3) is 2.07.